The number of rotatable bonds is 9. The average Bonchev–Trinajstić information content (AvgIpc) is 3.19. The Labute approximate surface area is 184 Å². The Bertz CT molecular complexity index is 1250. The maximum atomic E-state index is 12.9. The van der Waals surface area contributed by atoms with Gasteiger partial charge in [0.15, 0.2) is 5.52 Å². The third-order valence-corrected chi connectivity index (χ3v) is 5.65. The van der Waals surface area contributed by atoms with Crippen LogP contribution in [0.1, 0.15) is 45.1 Å². The first-order chi connectivity index (χ1) is 15.2. The van der Waals surface area contributed by atoms with Gasteiger partial charge in [0.1, 0.15) is 5.75 Å². The van der Waals surface area contributed by atoms with Gasteiger partial charge in [0.05, 0.1) is 17.3 Å². The second-order valence-corrected chi connectivity index (χ2v) is 8.16. The summed E-state index contributed by atoms with van der Waals surface area (Å²) in [5.41, 5.74) is -1.90. The predicted molar refractivity (Wildman–Crippen MR) is 114 cm³/mol. The van der Waals surface area contributed by atoms with Crippen LogP contribution in [0.15, 0.2) is 40.1 Å². The van der Waals surface area contributed by atoms with Crippen LogP contribution in [0.4, 0.5) is 13.2 Å². The minimum absolute atomic E-state index is 0.0576. The minimum atomic E-state index is -4.58. The molecular formula is C20H23F3N4O4S. The summed E-state index contributed by atoms with van der Waals surface area (Å²) in [5, 5.41) is 4.03. The highest BCUT2D eigenvalue weighted by atomic mass is 32.2. The van der Waals surface area contributed by atoms with Gasteiger partial charge >= 0.3 is 23.1 Å². The van der Waals surface area contributed by atoms with Crippen molar-refractivity contribution in [1.29, 1.82) is 0 Å². The van der Waals surface area contributed by atoms with E-state index in [1.807, 2.05) is 13.8 Å². The average molecular weight is 472 g/mol. The van der Waals surface area contributed by atoms with Crippen molar-refractivity contribution in [3.8, 4) is 5.75 Å². The molecule has 0 N–H and O–H groups in total. The fourth-order valence-electron chi connectivity index (χ4n) is 3.12. The lowest BCUT2D eigenvalue weighted by Crippen LogP contribution is -2.40. The van der Waals surface area contributed by atoms with Gasteiger partial charge in [-0.2, -0.15) is 21.5 Å². The highest BCUT2D eigenvalue weighted by molar-refractivity contribution is 7.78. The molecule has 0 amide bonds. The fraction of sp³-hybridized carbons (Fsp3) is 0.450. The number of aromatic nitrogens is 4. The van der Waals surface area contributed by atoms with Gasteiger partial charge in [-0.1, -0.05) is 32.8 Å². The molecule has 2 aromatic heterocycles. The van der Waals surface area contributed by atoms with Crippen molar-refractivity contribution in [2.24, 2.45) is 0 Å². The Morgan fingerprint density at radius 3 is 2.34 bits per heavy atom. The van der Waals surface area contributed by atoms with E-state index in [0.29, 0.717) is 19.4 Å². The summed E-state index contributed by atoms with van der Waals surface area (Å²) in [7, 11) is 0. The number of aryl methyl sites for hydroxylation is 1. The van der Waals surface area contributed by atoms with Gasteiger partial charge in [0, 0.05) is 13.1 Å². The molecule has 0 radical (unpaired) electrons. The third kappa shape index (κ3) is 4.95. The molecule has 0 aliphatic rings. The Morgan fingerprint density at radius 1 is 1.06 bits per heavy atom. The largest absolute Gasteiger partial charge is 0.416 e. The van der Waals surface area contributed by atoms with E-state index in [4.69, 9.17) is 4.18 Å². The summed E-state index contributed by atoms with van der Waals surface area (Å²) in [4.78, 5) is 25.7. The summed E-state index contributed by atoms with van der Waals surface area (Å²) >= 11 is -2.37. The van der Waals surface area contributed by atoms with Crippen molar-refractivity contribution >= 4 is 22.3 Å². The van der Waals surface area contributed by atoms with Crippen LogP contribution in [0.5, 0.6) is 5.75 Å². The van der Waals surface area contributed by atoms with Gasteiger partial charge in [0.2, 0.25) is 0 Å². The molecule has 1 atom stereocenters. The van der Waals surface area contributed by atoms with E-state index in [1.54, 1.807) is 0 Å². The van der Waals surface area contributed by atoms with Crippen LogP contribution < -0.4 is 15.4 Å². The summed E-state index contributed by atoms with van der Waals surface area (Å²) in [5.74, 6) is -0.276. The van der Waals surface area contributed by atoms with E-state index in [9.17, 15) is 27.0 Å². The van der Waals surface area contributed by atoms with Gasteiger partial charge in [-0.25, -0.2) is 4.79 Å². The second-order valence-electron chi connectivity index (χ2n) is 7.19. The number of halogens is 3. The molecule has 12 heteroatoms. The van der Waals surface area contributed by atoms with Crippen molar-refractivity contribution in [1.82, 2.24) is 18.3 Å². The lowest BCUT2D eigenvalue weighted by molar-refractivity contribution is -0.137. The maximum absolute atomic E-state index is 12.9. The Balaban J connectivity index is 2.03. The number of hydrogen-bond acceptors (Lipinski definition) is 5. The Hall–Kier alpha value is -2.89. The Kier molecular flexibility index (Phi) is 7.22. The molecule has 0 fully saturated rings. The highest BCUT2D eigenvalue weighted by Gasteiger charge is 2.31. The molecule has 174 valence electrons. The standard InChI is InChI=1S/C20H23F3N4O4S/c1-3-5-10-25-16-13-27(24-17(16)18(28)26(19(25)29)11-6-4-2)32(30)31-15-9-7-8-14(12-15)20(21,22)23/h7-9,12-13H,3-6,10-11H2,1-2H3. The first-order valence-corrected chi connectivity index (χ1v) is 11.2. The SMILES string of the molecule is CCCCn1c(=O)c2nn(S(=O)Oc3cccc(C(F)(F)F)c3)cc2n(CCCC)c1=O. The first-order valence-electron chi connectivity index (χ1n) is 10.2. The molecule has 1 unspecified atom stereocenters. The van der Waals surface area contributed by atoms with Gasteiger partial charge in [0.25, 0.3) is 5.56 Å². The van der Waals surface area contributed by atoms with Crippen LogP contribution in [0.25, 0.3) is 11.0 Å². The number of alkyl halides is 3. The Morgan fingerprint density at radius 2 is 1.72 bits per heavy atom. The van der Waals surface area contributed by atoms with Crippen molar-refractivity contribution in [2.45, 2.75) is 58.8 Å². The van der Waals surface area contributed by atoms with Crippen LogP contribution in [-0.4, -0.2) is 22.5 Å². The van der Waals surface area contributed by atoms with E-state index in [-0.39, 0.29) is 23.3 Å². The van der Waals surface area contributed by atoms with Crippen molar-refractivity contribution in [2.75, 3.05) is 0 Å². The summed E-state index contributed by atoms with van der Waals surface area (Å²) in [6.45, 7) is 4.46. The van der Waals surface area contributed by atoms with Crippen LogP contribution in [0.3, 0.4) is 0 Å². The number of benzene rings is 1. The molecule has 0 saturated carbocycles. The zero-order valence-electron chi connectivity index (χ0n) is 17.6. The lowest BCUT2D eigenvalue weighted by atomic mass is 10.2. The van der Waals surface area contributed by atoms with E-state index in [0.717, 1.165) is 39.7 Å². The van der Waals surface area contributed by atoms with E-state index < -0.39 is 34.3 Å². The zero-order valence-corrected chi connectivity index (χ0v) is 18.4. The molecule has 0 aliphatic carbocycles. The lowest BCUT2D eigenvalue weighted by Gasteiger charge is -2.10. The van der Waals surface area contributed by atoms with Crippen molar-refractivity contribution in [3.63, 3.8) is 0 Å². The smallest absolute Gasteiger partial charge is 0.384 e. The quantitative estimate of drug-likeness (QED) is 0.476. The zero-order chi connectivity index (χ0) is 23.5. The van der Waals surface area contributed by atoms with Crippen LogP contribution in [0.2, 0.25) is 0 Å². The summed E-state index contributed by atoms with van der Waals surface area (Å²) in [6.07, 6.45) is -0.458. The normalized spacial score (nSPS) is 12.9. The molecule has 2 heterocycles. The molecule has 3 aromatic rings. The van der Waals surface area contributed by atoms with Gasteiger partial charge in [-0.15, -0.1) is 5.10 Å². The molecule has 1 aromatic carbocycles. The van der Waals surface area contributed by atoms with Gasteiger partial charge in [-0.3, -0.25) is 13.9 Å². The summed E-state index contributed by atoms with van der Waals surface area (Å²) < 4.78 is 59.8. The molecule has 0 spiro atoms. The van der Waals surface area contributed by atoms with Gasteiger partial charge < -0.3 is 4.18 Å². The number of hydrogen-bond donors (Lipinski definition) is 0. The number of unbranched alkanes of at least 4 members (excludes halogenated alkanes) is 2. The summed E-state index contributed by atoms with van der Waals surface area (Å²) in [6, 6.07) is 3.94. The van der Waals surface area contributed by atoms with E-state index >= 15 is 0 Å². The topological polar surface area (TPSA) is 88.1 Å². The molecule has 32 heavy (non-hydrogen) atoms. The van der Waals surface area contributed by atoms with E-state index in [2.05, 4.69) is 5.10 Å². The van der Waals surface area contributed by atoms with Crippen molar-refractivity contribution in [3.05, 3.63) is 56.9 Å². The van der Waals surface area contributed by atoms with E-state index in [1.165, 1.54) is 16.8 Å². The van der Waals surface area contributed by atoms with Crippen LogP contribution in [-0.2, 0) is 30.5 Å². The highest BCUT2D eigenvalue weighted by Crippen LogP contribution is 2.31. The van der Waals surface area contributed by atoms with Crippen LogP contribution in [0, 0.1) is 0 Å². The predicted octanol–water partition coefficient (Wildman–Crippen LogP) is 3.48. The van der Waals surface area contributed by atoms with Crippen molar-refractivity contribution < 1.29 is 21.6 Å². The fourth-order valence-corrected chi connectivity index (χ4v) is 3.80. The molecular weight excluding hydrogens is 449 g/mol. The minimum Gasteiger partial charge on any atom is -0.384 e. The number of nitrogens with zero attached hydrogens (tertiary/aromatic N) is 4. The monoisotopic (exact) mass is 472 g/mol. The molecule has 0 aliphatic heterocycles. The number of fused-ring (bicyclic) bond motifs is 1. The molecule has 0 bridgehead atoms. The second kappa shape index (κ2) is 9.72. The van der Waals surface area contributed by atoms with Crippen LogP contribution >= 0.6 is 0 Å². The molecule has 8 nitrogen and oxygen atoms in total. The first kappa shape index (κ1) is 23.8. The van der Waals surface area contributed by atoms with Gasteiger partial charge in [-0.05, 0) is 31.0 Å². The maximum Gasteiger partial charge on any atom is 0.416 e. The third-order valence-electron chi connectivity index (χ3n) is 4.83. The molecule has 3 rings (SSSR count). The molecule has 0 saturated heterocycles.